The van der Waals surface area contributed by atoms with Gasteiger partial charge in [-0.25, -0.2) is 0 Å². The molecule has 3 nitrogen and oxygen atoms in total. The third-order valence-electron chi connectivity index (χ3n) is 1.96. The molecule has 0 amide bonds. The van der Waals surface area contributed by atoms with E-state index in [1.807, 2.05) is 19.1 Å². The molecule has 1 atom stereocenters. The molecule has 1 rings (SSSR count). The standard InChI is InChI=1S/C11H12BrNO2/c1-7-3-10(12)4-9(6-14)11(7)15-8(2)5-13/h3-4,8,14H,6H2,1-2H3. The van der Waals surface area contributed by atoms with Crippen molar-refractivity contribution in [2.75, 3.05) is 0 Å². The first kappa shape index (κ1) is 12.0. The van der Waals surface area contributed by atoms with Gasteiger partial charge < -0.3 is 9.84 Å². The molecule has 0 spiro atoms. The molecule has 1 aromatic rings. The summed E-state index contributed by atoms with van der Waals surface area (Å²) in [4.78, 5) is 0. The summed E-state index contributed by atoms with van der Waals surface area (Å²) in [5.74, 6) is 0.592. The first-order chi connectivity index (χ1) is 7.08. The third-order valence-corrected chi connectivity index (χ3v) is 2.42. The van der Waals surface area contributed by atoms with E-state index in [2.05, 4.69) is 15.9 Å². The number of benzene rings is 1. The molecular weight excluding hydrogens is 258 g/mol. The van der Waals surface area contributed by atoms with Crippen LogP contribution in [0.1, 0.15) is 18.1 Å². The summed E-state index contributed by atoms with van der Waals surface area (Å²) in [7, 11) is 0. The fourth-order valence-electron chi connectivity index (χ4n) is 1.29. The summed E-state index contributed by atoms with van der Waals surface area (Å²) in [6, 6.07) is 5.66. The number of hydrogen-bond donors (Lipinski definition) is 1. The van der Waals surface area contributed by atoms with Gasteiger partial charge in [0.2, 0.25) is 0 Å². The zero-order valence-electron chi connectivity index (χ0n) is 8.62. The Morgan fingerprint density at radius 3 is 2.80 bits per heavy atom. The summed E-state index contributed by atoms with van der Waals surface area (Å²) in [5, 5.41) is 17.8. The van der Waals surface area contributed by atoms with E-state index in [1.165, 1.54) is 0 Å². The Morgan fingerprint density at radius 1 is 1.60 bits per heavy atom. The highest BCUT2D eigenvalue weighted by atomic mass is 79.9. The fraction of sp³-hybridized carbons (Fsp3) is 0.364. The van der Waals surface area contributed by atoms with Crippen LogP contribution >= 0.6 is 15.9 Å². The highest BCUT2D eigenvalue weighted by molar-refractivity contribution is 9.10. The van der Waals surface area contributed by atoms with Gasteiger partial charge in [-0.05, 0) is 31.5 Å². The molecule has 0 bridgehead atoms. The van der Waals surface area contributed by atoms with E-state index in [0.29, 0.717) is 11.3 Å². The first-order valence-corrected chi connectivity index (χ1v) is 5.34. The Morgan fingerprint density at radius 2 is 2.27 bits per heavy atom. The SMILES string of the molecule is Cc1cc(Br)cc(CO)c1OC(C)C#N. The van der Waals surface area contributed by atoms with Crippen LogP contribution in [0, 0.1) is 18.3 Å². The number of nitrogens with zero attached hydrogens (tertiary/aromatic N) is 1. The van der Waals surface area contributed by atoms with Gasteiger partial charge in [-0.15, -0.1) is 0 Å². The minimum absolute atomic E-state index is 0.103. The lowest BCUT2D eigenvalue weighted by Gasteiger charge is -2.14. The summed E-state index contributed by atoms with van der Waals surface area (Å²) in [6.07, 6.45) is -0.518. The Bertz CT molecular complexity index is 398. The molecule has 1 N–H and O–H groups in total. The zero-order valence-corrected chi connectivity index (χ0v) is 10.2. The number of hydrogen-bond acceptors (Lipinski definition) is 3. The van der Waals surface area contributed by atoms with Crippen LogP contribution in [0.2, 0.25) is 0 Å². The number of nitriles is 1. The Hall–Kier alpha value is -1.05. The summed E-state index contributed by atoms with van der Waals surface area (Å²) >= 11 is 3.34. The van der Waals surface area contributed by atoms with Gasteiger partial charge >= 0.3 is 0 Å². The quantitative estimate of drug-likeness (QED) is 0.918. The second-order valence-electron chi connectivity index (χ2n) is 3.26. The lowest BCUT2D eigenvalue weighted by molar-refractivity contribution is 0.246. The van der Waals surface area contributed by atoms with E-state index in [4.69, 9.17) is 15.1 Å². The second kappa shape index (κ2) is 5.15. The largest absolute Gasteiger partial charge is 0.475 e. The number of ether oxygens (including phenoxy) is 1. The molecule has 0 saturated carbocycles. The minimum atomic E-state index is -0.518. The van der Waals surface area contributed by atoms with Crippen LogP contribution in [-0.4, -0.2) is 11.2 Å². The van der Waals surface area contributed by atoms with Gasteiger partial charge in [0, 0.05) is 10.0 Å². The topological polar surface area (TPSA) is 53.2 Å². The molecule has 0 saturated heterocycles. The normalized spacial score (nSPS) is 11.9. The lowest BCUT2D eigenvalue weighted by atomic mass is 10.1. The summed E-state index contributed by atoms with van der Waals surface area (Å²) in [5.41, 5.74) is 1.58. The molecule has 1 aromatic carbocycles. The molecule has 0 fully saturated rings. The molecule has 80 valence electrons. The van der Waals surface area contributed by atoms with E-state index in [9.17, 15) is 0 Å². The van der Waals surface area contributed by atoms with Crippen molar-refractivity contribution in [3.05, 3.63) is 27.7 Å². The number of aryl methyl sites for hydroxylation is 1. The van der Waals surface area contributed by atoms with Crippen LogP contribution in [0.5, 0.6) is 5.75 Å². The van der Waals surface area contributed by atoms with Crippen molar-refractivity contribution >= 4 is 15.9 Å². The van der Waals surface area contributed by atoms with Crippen LogP contribution in [-0.2, 0) is 6.61 Å². The molecule has 1 unspecified atom stereocenters. The molecule has 4 heteroatoms. The van der Waals surface area contributed by atoms with Gasteiger partial charge in [0.05, 0.1) is 6.61 Å². The molecule has 0 aromatic heterocycles. The zero-order chi connectivity index (χ0) is 11.4. The van der Waals surface area contributed by atoms with Crippen LogP contribution in [0.4, 0.5) is 0 Å². The van der Waals surface area contributed by atoms with Crippen molar-refractivity contribution in [2.45, 2.75) is 26.6 Å². The van der Waals surface area contributed by atoms with E-state index in [0.717, 1.165) is 10.0 Å². The third kappa shape index (κ3) is 2.95. The van der Waals surface area contributed by atoms with Gasteiger partial charge in [-0.1, -0.05) is 15.9 Å². The van der Waals surface area contributed by atoms with Crippen molar-refractivity contribution in [1.82, 2.24) is 0 Å². The van der Waals surface area contributed by atoms with Crippen molar-refractivity contribution in [3.8, 4) is 11.8 Å². The predicted molar refractivity (Wildman–Crippen MR) is 60.5 cm³/mol. The molecule has 0 heterocycles. The fourth-order valence-corrected chi connectivity index (χ4v) is 1.91. The average Bonchev–Trinajstić information content (AvgIpc) is 2.21. The Kier molecular flexibility index (Phi) is 4.13. The van der Waals surface area contributed by atoms with Crippen LogP contribution in [0.25, 0.3) is 0 Å². The number of aliphatic hydroxyl groups excluding tert-OH is 1. The van der Waals surface area contributed by atoms with E-state index >= 15 is 0 Å². The molecule has 0 aliphatic heterocycles. The van der Waals surface area contributed by atoms with Crippen LogP contribution < -0.4 is 4.74 Å². The van der Waals surface area contributed by atoms with Gasteiger partial charge in [-0.2, -0.15) is 5.26 Å². The molecular formula is C11H12BrNO2. The number of halogens is 1. The van der Waals surface area contributed by atoms with Gasteiger partial charge in [-0.3, -0.25) is 0 Å². The maximum atomic E-state index is 9.17. The Labute approximate surface area is 97.4 Å². The van der Waals surface area contributed by atoms with Crippen LogP contribution in [0.15, 0.2) is 16.6 Å². The maximum absolute atomic E-state index is 9.17. The second-order valence-corrected chi connectivity index (χ2v) is 4.17. The monoisotopic (exact) mass is 269 g/mol. The highest BCUT2D eigenvalue weighted by Crippen LogP contribution is 2.28. The number of rotatable bonds is 3. The average molecular weight is 270 g/mol. The molecule has 15 heavy (non-hydrogen) atoms. The van der Waals surface area contributed by atoms with E-state index in [1.54, 1.807) is 13.0 Å². The van der Waals surface area contributed by atoms with Gasteiger partial charge in [0.15, 0.2) is 6.10 Å². The van der Waals surface area contributed by atoms with Crippen LogP contribution in [0.3, 0.4) is 0 Å². The molecule has 0 aliphatic carbocycles. The summed E-state index contributed by atoms with van der Waals surface area (Å²) < 4.78 is 6.32. The van der Waals surface area contributed by atoms with Crippen molar-refractivity contribution < 1.29 is 9.84 Å². The van der Waals surface area contributed by atoms with Crippen molar-refractivity contribution in [2.24, 2.45) is 0 Å². The lowest BCUT2D eigenvalue weighted by Crippen LogP contribution is -2.11. The van der Waals surface area contributed by atoms with Gasteiger partial charge in [0.1, 0.15) is 11.8 Å². The summed E-state index contributed by atoms with van der Waals surface area (Å²) in [6.45, 7) is 3.44. The van der Waals surface area contributed by atoms with Crippen molar-refractivity contribution in [3.63, 3.8) is 0 Å². The molecule has 0 aliphatic rings. The predicted octanol–water partition coefficient (Wildman–Crippen LogP) is 2.54. The Balaban J connectivity index is 3.10. The molecule has 0 radical (unpaired) electrons. The van der Waals surface area contributed by atoms with E-state index in [-0.39, 0.29) is 6.61 Å². The number of aliphatic hydroxyl groups is 1. The van der Waals surface area contributed by atoms with E-state index < -0.39 is 6.10 Å². The van der Waals surface area contributed by atoms with Gasteiger partial charge in [0.25, 0.3) is 0 Å². The highest BCUT2D eigenvalue weighted by Gasteiger charge is 2.11. The first-order valence-electron chi connectivity index (χ1n) is 4.54. The minimum Gasteiger partial charge on any atom is -0.475 e. The van der Waals surface area contributed by atoms with Crippen molar-refractivity contribution in [1.29, 1.82) is 5.26 Å². The maximum Gasteiger partial charge on any atom is 0.181 e. The smallest absolute Gasteiger partial charge is 0.181 e.